The van der Waals surface area contributed by atoms with Gasteiger partial charge in [0, 0.05) is 18.2 Å². The minimum Gasteiger partial charge on any atom is -0.480 e. The van der Waals surface area contributed by atoms with Crippen LogP contribution >= 0.6 is 11.8 Å². The Kier molecular flexibility index (Phi) is 6.41. The van der Waals surface area contributed by atoms with Gasteiger partial charge in [-0.1, -0.05) is 13.8 Å². The first-order valence-corrected chi connectivity index (χ1v) is 9.24. The van der Waals surface area contributed by atoms with Crippen LogP contribution in [0.15, 0.2) is 23.1 Å². The van der Waals surface area contributed by atoms with Gasteiger partial charge in [0.2, 0.25) is 0 Å². The van der Waals surface area contributed by atoms with Crippen LogP contribution in [0.3, 0.4) is 0 Å². The van der Waals surface area contributed by atoms with Crippen molar-refractivity contribution >= 4 is 29.3 Å². The van der Waals surface area contributed by atoms with Gasteiger partial charge in [-0.2, -0.15) is 0 Å². The first-order valence-electron chi connectivity index (χ1n) is 8.26. The van der Waals surface area contributed by atoms with Gasteiger partial charge in [0.25, 0.3) is 11.6 Å². The fraction of sp³-hybridized carbons (Fsp3) is 0.529. The van der Waals surface area contributed by atoms with E-state index >= 15 is 0 Å². The Morgan fingerprint density at radius 1 is 1.44 bits per heavy atom. The number of thioether (sulfide) groups is 1. The summed E-state index contributed by atoms with van der Waals surface area (Å²) >= 11 is 1.40. The number of nitrogens with zero attached hydrogens (tertiary/aromatic N) is 2. The molecular weight excluding hydrogens is 344 g/mol. The maximum absolute atomic E-state index is 12.6. The lowest BCUT2D eigenvalue weighted by Gasteiger charge is -2.21. The van der Waals surface area contributed by atoms with Crippen LogP contribution in [0.25, 0.3) is 0 Å². The Morgan fingerprint density at radius 3 is 2.76 bits per heavy atom. The fourth-order valence-electron chi connectivity index (χ4n) is 2.75. The van der Waals surface area contributed by atoms with Gasteiger partial charge < -0.3 is 10.0 Å². The molecule has 0 unspecified atom stereocenters. The lowest BCUT2D eigenvalue weighted by molar-refractivity contribution is -0.387. The van der Waals surface area contributed by atoms with Crippen molar-refractivity contribution in [2.75, 3.05) is 12.3 Å². The smallest absolute Gasteiger partial charge is 0.326 e. The van der Waals surface area contributed by atoms with E-state index in [1.807, 2.05) is 0 Å². The molecule has 0 saturated carbocycles. The van der Waals surface area contributed by atoms with Crippen LogP contribution in [0, 0.1) is 16.0 Å². The quantitative estimate of drug-likeness (QED) is 0.451. The third-order valence-corrected chi connectivity index (χ3v) is 5.25. The molecule has 1 fully saturated rings. The van der Waals surface area contributed by atoms with Crippen LogP contribution in [0.1, 0.15) is 43.5 Å². The zero-order valence-electron chi connectivity index (χ0n) is 14.3. The molecular formula is C17H22N2O5S. The molecule has 1 aliphatic rings. The highest BCUT2D eigenvalue weighted by molar-refractivity contribution is 7.99. The molecule has 8 heteroatoms. The van der Waals surface area contributed by atoms with Crippen molar-refractivity contribution in [3.8, 4) is 0 Å². The van der Waals surface area contributed by atoms with Crippen LogP contribution in [-0.2, 0) is 4.79 Å². The molecule has 7 nitrogen and oxygen atoms in total. The molecule has 1 aromatic rings. The maximum Gasteiger partial charge on any atom is 0.326 e. The van der Waals surface area contributed by atoms with Crippen molar-refractivity contribution in [2.24, 2.45) is 5.92 Å². The van der Waals surface area contributed by atoms with Crippen molar-refractivity contribution in [1.29, 1.82) is 0 Å². The van der Waals surface area contributed by atoms with Crippen LogP contribution < -0.4 is 0 Å². The largest absolute Gasteiger partial charge is 0.480 e. The van der Waals surface area contributed by atoms with E-state index in [9.17, 15) is 24.8 Å². The molecule has 1 amide bonds. The monoisotopic (exact) mass is 366 g/mol. The normalized spacial score (nSPS) is 17.1. The summed E-state index contributed by atoms with van der Waals surface area (Å²) in [6.07, 6.45) is 1.97. The summed E-state index contributed by atoms with van der Waals surface area (Å²) in [6, 6.07) is 3.54. The summed E-state index contributed by atoms with van der Waals surface area (Å²) in [5.41, 5.74) is 0.0544. The molecule has 1 aromatic carbocycles. The Labute approximate surface area is 150 Å². The summed E-state index contributed by atoms with van der Waals surface area (Å²) in [5, 5.41) is 20.6. The van der Waals surface area contributed by atoms with Crippen LogP contribution in [0.2, 0.25) is 0 Å². The standard InChI is InChI=1S/C17H22N2O5S/c1-11(2)7-9-25-15-6-5-12(10-14(15)19(23)24)16(20)18-8-3-4-13(18)17(21)22/h5-6,10-11,13H,3-4,7-9H2,1-2H3,(H,21,22)/t13-/m0/s1. The molecule has 0 aliphatic carbocycles. The second kappa shape index (κ2) is 8.33. The van der Waals surface area contributed by atoms with E-state index < -0.39 is 22.8 Å². The maximum atomic E-state index is 12.6. The molecule has 1 saturated heterocycles. The third kappa shape index (κ3) is 4.72. The Morgan fingerprint density at radius 2 is 2.16 bits per heavy atom. The molecule has 0 bridgehead atoms. The molecule has 136 valence electrons. The zero-order chi connectivity index (χ0) is 18.6. The van der Waals surface area contributed by atoms with Gasteiger partial charge in [-0.25, -0.2) is 4.79 Å². The minimum absolute atomic E-state index is 0.106. The van der Waals surface area contributed by atoms with Crippen molar-refractivity contribution in [3.63, 3.8) is 0 Å². The van der Waals surface area contributed by atoms with Crippen molar-refractivity contribution in [3.05, 3.63) is 33.9 Å². The van der Waals surface area contributed by atoms with E-state index in [4.69, 9.17) is 0 Å². The SMILES string of the molecule is CC(C)CCSc1ccc(C(=O)N2CCC[C@H]2C(=O)O)cc1[N+](=O)[O-]. The van der Waals surface area contributed by atoms with E-state index in [1.54, 1.807) is 12.1 Å². The molecule has 1 aliphatic heterocycles. The van der Waals surface area contributed by atoms with Gasteiger partial charge in [0.15, 0.2) is 0 Å². The highest BCUT2D eigenvalue weighted by Crippen LogP contribution is 2.32. The minimum atomic E-state index is -1.04. The third-order valence-electron chi connectivity index (χ3n) is 4.15. The average Bonchev–Trinajstić information content (AvgIpc) is 3.03. The highest BCUT2D eigenvalue weighted by Gasteiger charge is 2.35. The van der Waals surface area contributed by atoms with Gasteiger partial charge in [-0.05, 0) is 43.1 Å². The van der Waals surface area contributed by atoms with E-state index in [-0.39, 0.29) is 11.3 Å². The second-order valence-electron chi connectivity index (χ2n) is 6.47. The van der Waals surface area contributed by atoms with Gasteiger partial charge in [0.1, 0.15) is 6.04 Å². The number of nitro benzene ring substituents is 1. The topological polar surface area (TPSA) is 101 Å². The summed E-state index contributed by atoms with van der Waals surface area (Å²) in [6.45, 7) is 4.53. The Balaban J connectivity index is 2.21. The predicted molar refractivity (Wildman–Crippen MR) is 95.0 cm³/mol. The zero-order valence-corrected chi connectivity index (χ0v) is 15.1. The average molecular weight is 366 g/mol. The fourth-order valence-corrected chi connectivity index (χ4v) is 4.01. The van der Waals surface area contributed by atoms with E-state index in [0.29, 0.717) is 30.2 Å². The molecule has 0 aromatic heterocycles. The summed E-state index contributed by atoms with van der Waals surface area (Å²) in [7, 11) is 0. The molecule has 2 rings (SSSR count). The highest BCUT2D eigenvalue weighted by atomic mass is 32.2. The molecule has 1 atom stereocenters. The van der Waals surface area contributed by atoms with E-state index in [0.717, 1.165) is 12.2 Å². The Hall–Kier alpha value is -2.09. The summed E-state index contributed by atoms with van der Waals surface area (Å²) in [5.74, 6) is -0.234. The number of rotatable bonds is 7. The lowest BCUT2D eigenvalue weighted by atomic mass is 10.1. The number of hydrogen-bond acceptors (Lipinski definition) is 5. The Bertz CT molecular complexity index is 677. The van der Waals surface area contributed by atoms with Crippen molar-refractivity contribution in [1.82, 2.24) is 4.90 Å². The van der Waals surface area contributed by atoms with Crippen molar-refractivity contribution < 1.29 is 19.6 Å². The van der Waals surface area contributed by atoms with Crippen molar-refractivity contribution in [2.45, 2.75) is 44.0 Å². The summed E-state index contributed by atoms with van der Waals surface area (Å²) < 4.78 is 0. The molecule has 25 heavy (non-hydrogen) atoms. The molecule has 0 radical (unpaired) electrons. The predicted octanol–water partition coefficient (Wildman–Crippen LogP) is 3.42. The first-order chi connectivity index (χ1) is 11.8. The van der Waals surface area contributed by atoms with Crippen LogP contribution in [-0.4, -0.2) is 45.1 Å². The molecule has 1 N–H and O–H groups in total. The number of aliphatic carboxylic acids is 1. The number of benzene rings is 1. The first kappa shape index (κ1) is 19.2. The van der Waals surface area contributed by atoms with Crippen LogP contribution in [0.5, 0.6) is 0 Å². The van der Waals surface area contributed by atoms with Gasteiger partial charge in [-0.15, -0.1) is 11.8 Å². The number of carbonyl (C=O) groups is 2. The van der Waals surface area contributed by atoms with E-state index in [2.05, 4.69) is 13.8 Å². The van der Waals surface area contributed by atoms with Crippen LogP contribution in [0.4, 0.5) is 5.69 Å². The second-order valence-corrected chi connectivity index (χ2v) is 7.60. The number of amides is 1. The molecule has 0 spiro atoms. The van der Waals surface area contributed by atoms with E-state index in [1.165, 1.54) is 22.7 Å². The number of hydrogen-bond donors (Lipinski definition) is 1. The van der Waals surface area contributed by atoms with Gasteiger partial charge in [0.05, 0.1) is 9.82 Å². The number of nitro groups is 1. The summed E-state index contributed by atoms with van der Waals surface area (Å²) in [4.78, 5) is 36.5. The molecule has 1 heterocycles. The number of carboxylic acids is 1. The lowest BCUT2D eigenvalue weighted by Crippen LogP contribution is -2.40. The van der Waals surface area contributed by atoms with Gasteiger partial charge >= 0.3 is 5.97 Å². The number of likely N-dealkylation sites (tertiary alicyclic amines) is 1. The number of carboxylic acid groups (broad SMARTS) is 1. The van der Waals surface area contributed by atoms with Gasteiger partial charge in [-0.3, -0.25) is 14.9 Å². The number of carbonyl (C=O) groups excluding carboxylic acids is 1.